The molecule has 2 aliphatic rings. The van der Waals surface area contributed by atoms with E-state index in [-0.39, 0.29) is 18.3 Å². The minimum Gasteiger partial charge on any atom is -0.489 e. The predicted octanol–water partition coefficient (Wildman–Crippen LogP) is 8.70. The lowest BCUT2D eigenvalue weighted by Gasteiger charge is -2.28. The van der Waals surface area contributed by atoms with Gasteiger partial charge in [0.15, 0.2) is 0 Å². The van der Waals surface area contributed by atoms with Gasteiger partial charge in [-0.1, -0.05) is 73.2 Å². The Morgan fingerprint density at radius 1 is 0.535 bits per heavy atom. The molecule has 3 unspecified atom stereocenters. The molecule has 0 spiro atoms. The summed E-state index contributed by atoms with van der Waals surface area (Å²) in [6, 6.07) is 35.8. The van der Waals surface area contributed by atoms with E-state index in [1.807, 2.05) is 97.1 Å². The fraction of sp³-hybridized carbons (Fsp3) is 0.316. The first kappa shape index (κ1) is 30.2. The molecule has 0 aliphatic heterocycles. The van der Waals surface area contributed by atoms with Crippen molar-refractivity contribution in [3.63, 3.8) is 0 Å². The highest BCUT2D eigenvalue weighted by atomic mass is 16.5. The second-order valence-corrected chi connectivity index (χ2v) is 11.0. The molecule has 0 aromatic heterocycles. The molecule has 5 heteroatoms. The van der Waals surface area contributed by atoms with Gasteiger partial charge in [0.05, 0.1) is 6.10 Å². The Balaban J connectivity index is 0.000000171. The third kappa shape index (κ3) is 10.2. The van der Waals surface area contributed by atoms with Gasteiger partial charge in [-0.2, -0.15) is 0 Å². The topological polar surface area (TPSA) is 57.2 Å². The van der Waals surface area contributed by atoms with Gasteiger partial charge in [0.2, 0.25) is 0 Å². The largest absolute Gasteiger partial charge is 0.489 e. The number of aliphatic hydroxyl groups is 1. The molecular weight excluding hydrogens is 536 g/mol. The maximum Gasteiger partial charge on any atom is 0.124 e. The van der Waals surface area contributed by atoms with Gasteiger partial charge in [-0.05, 0) is 104 Å². The second-order valence-electron chi connectivity index (χ2n) is 11.0. The number of allylic oxidation sites excluding steroid dienone is 1. The van der Waals surface area contributed by atoms with Crippen LogP contribution in [-0.2, 0) is 13.2 Å². The summed E-state index contributed by atoms with van der Waals surface area (Å²) in [4.78, 5) is 0. The average molecular weight is 579 g/mol. The van der Waals surface area contributed by atoms with Crippen LogP contribution < -0.4 is 18.9 Å². The van der Waals surface area contributed by atoms with Gasteiger partial charge in [0.1, 0.15) is 48.4 Å². The SMILES string of the molecule is C1=CC(Oc2ccc(OCc3ccccc3)cc2)CCC1.OC1CCCCC1Oc1ccc(OCc2ccccc2)cc1. The highest BCUT2D eigenvalue weighted by molar-refractivity contribution is 5.33. The minimum atomic E-state index is -0.345. The number of aliphatic hydroxyl groups excluding tert-OH is 1. The second kappa shape index (κ2) is 16.4. The first-order valence-corrected chi connectivity index (χ1v) is 15.4. The zero-order valence-electron chi connectivity index (χ0n) is 24.7. The predicted molar refractivity (Wildman–Crippen MR) is 171 cm³/mol. The van der Waals surface area contributed by atoms with E-state index < -0.39 is 0 Å². The van der Waals surface area contributed by atoms with Crippen molar-refractivity contribution < 1.29 is 24.1 Å². The van der Waals surface area contributed by atoms with Crippen molar-refractivity contribution in [2.24, 2.45) is 0 Å². The standard InChI is InChI=1S/C19H22O3.C19H20O2/c20-18-8-4-5-9-19(18)22-17-12-10-16(11-13-17)21-14-15-6-2-1-3-7-15;1-3-7-16(8-4-1)15-20-17-11-13-19(14-12-17)21-18-9-5-2-6-10-18/h1-3,6-7,10-13,18-20H,4-5,8-9,14H2;1,3-5,7-9,11-14,18H,2,6,10,15H2. The third-order valence-electron chi connectivity index (χ3n) is 7.60. The smallest absolute Gasteiger partial charge is 0.124 e. The normalized spacial score (nSPS) is 19.4. The van der Waals surface area contributed by atoms with Crippen molar-refractivity contribution in [2.45, 2.75) is 76.5 Å². The number of rotatable bonds is 10. The van der Waals surface area contributed by atoms with E-state index >= 15 is 0 Å². The zero-order chi connectivity index (χ0) is 29.5. The summed E-state index contributed by atoms with van der Waals surface area (Å²) in [5.41, 5.74) is 2.32. The van der Waals surface area contributed by atoms with E-state index in [1.54, 1.807) is 0 Å². The molecule has 43 heavy (non-hydrogen) atoms. The molecule has 0 amide bonds. The molecule has 224 valence electrons. The minimum absolute atomic E-state index is 0.0789. The summed E-state index contributed by atoms with van der Waals surface area (Å²) in [6.07, 6.45) is 11.6. The van der Waals surface area contributed by atoms with Crippen LogP contribution in [0.5, 0.6) is 23.0 Å². The van der Waals surface area contributed by atoms with Gasteiger partial charge in [-0.25, -0.2) is 0 Å². The first-order chi connectivity index (χ1) is 21.2. The van der Waals surface area contributed by atoms with Crippen molar-refractivity contribution in [2.75, 3.05) is 0 Å². The summed E-state index contributed by atoms with van der Waals surface area (Å²) >= 11 is 0. The number of hydrogen-bond donors (Lipinski definition) is 1. The molecule has 1 fully saturated rings. The molecule has 2 aliphatic carbocycles. The monoisotopic (exact) mass is 578 g/mol. The molecule has 4 aromatic rings. The Labute approximate surface area is 255 Å². The van der Waals surface area contributed by atoms with Crippen LogP contribution in [0.2, 0.25) is 0 Å². The molecule has 0 radical (unpaired) electrons. The van der Waals surface area contributed by atoms with Crippen LogP contribution in [0.15, 0.2) is 121 Å². The van der Waals surface area contributed by atoms with Gasteiger partial charge in [-0.3, -0.25) is 0 Å². The molecule has 1 N–H and O–H groups in total. The summed E-state index contributed by atoms with van der Waals surface area (Å²) < 4.78 is 23.3. The van der Waals surface area contributed by atoms with Crippen molar-refractivity contribution >= 4 is 0 Å². The Hall–Kier alpha value is -4.22. The van der Waals surface area contributed by atoms with Crippen LogP contribution >= 0.6 is 0 Å². The van der Waals surface area contributed by atoms with Crippen molar-refractivity contribution in [1.29, 1.82) is 0 Å². The molecule has 6 rings (SSSR count). The molecular formula is C38H42O5. The lowest BCUT2D eigenvalue weighted by atomic mass is 9.95. The molecule has 3 atom stereocenters. The van der Waals surface area contributed by atoms with Crippen LogP contribution in [0, 0.1) is 0 Å². The lowest BCUT2D eigenvalue weighted by molar-refractivity contribution is 0.00685. The van der Waals surface area contributed by atoms with Crippen LogP contribution in [0.1, 0.15) is 56.1 Å². The fourth-order valence-electron chi connectivity index (χ4n) is 5.15. The molecule has 5 nitrogen and oxygen atoms in total. The van der Waals surface area contributed by atoms with Crippen LogP contribution in [0.3, 0.4) is 0 Å². The van der Waals surface area contributed by atoms with E-state index in [4.69, 9.17) is 18.9 Å². The number of ether oxygens (including phenoxy) is 4. The Morgan fingerprint density at radius 2 is 1.05 bits per heavy atom. The molecule has 0 saturated heterocycles. The first-order valence-electron chi connectivity index (χ1n) is 15.4. The summed E-state index contributed by atoms with van der Waals surface area (Å²) in [6.45, 7) is 1.15. The maximum atomic E-state index is 9.95. The maximum absolute atomic E-state index is 9.95. The third-order valence-corrected chi connectivity index (χ3v) is 7.60. The van der Waals surface area contributed by atoms with Gasteiger partial charge in [0, 0.05) is 0 Å². The Morgan fingerprint density at radius 3 is 1.56 bits per heavy atom. The van der Waals surface area contributed by atoms with Crippen molar-refractivity contribution in [3.05, 3.63) is 132 Å². The molecule has 0 heterocycles. The van der Waals surface area contributed by atoms with E-state index in [2.05, 4.69) is 24.3 Å². The van der Waals surface area contributed by atoms with E-state index in [1.165, 1.54) is 18.4 Å². The van der Waals surface area contributed by atoms with E-state index in [9.17, 15) is 5.11 Å². The average Bonchev–Trinajstić information content (AvgIpc) is 3.07. The van der Waals surface area contributed by atoms with E-state index in [0.717, 1.165) is 60.7 Å². The van der Waals surface area contributed by atoms with E-state index in [0.29, 0.717) is 13.2 Å². The molecule has 0 bridgehead atoms. The van der Waals surface area contributed by atoms with Gasteiger partial charge in [0.25, 0.3) is 0 Å². The van der Waals surface area contributed by atoms with Crippen LogP contribution in [-0.4, -0.2) is 23.4 Å². The quantitative estimate of drug-likeness (QED) is 0.191. The molecule has 1 saturated carbocycles. The summed E-state index contributed by atoms with van der Waals surface area (Å²) in [5.74, 6) is 3.38. The van der Waals surface area contributed by atoms with Gasteiger partial charge in [-0.15, -0.1) is 0 Å². The summed E-state index contributed by atoms with van der Waals surface area (Å²) in [5, 5.41) is 9.95. The van der Waals surface area contributed by atoms with Crippen molar-refractivity contribution in [1.82, 2.24) is 0 Å². The summed E-state index contributed by atoms with van der Waals surface area (Å²) in [7, 11) is 0. The Kier molecular flexibility index (Phi) is 11.6. The lowest BCUT2D eigenvalue weighted by Crippen LogP contribution is -2.34. The van der Waals surface area contributed by atoms with Gasteiger partial charge >= 0.3 is 0 Å². The zero-order valence-corrected chi connectivity index (χ0v) is 24.7. The van der Waals surface area contributed by atoms with Gasteiger partial charge < -0.3 is 24.1 Å². The number of benzene rings is 4. The fourth-order valence-corrected chi connectivity index (χ4v) is 5.15. The van der Waals surface area contributed by atoms with Crippen molar-refractivity contribution in [3.8, 4) is 23.0 Å². The Bertz CT molecular complexity index is 1350. The number of hydrogen-bond acceptors (Lipinski definition) is 5. The van der Waals surface area contributed by atoms with Crippen LogP contribution in [0.4, 0.5) is 0 Å². The highest BCUT2D eigenvalue weighted by Crippen LogP contribution is 2.26. The van der Waals surface area contributed by atoms with Crippen LogP contribution in [0.25, 0.3) is 0 Å². The molecule has 4 aromatic carbocycles. The highest BCUT2D eigenvalue weighted by Gasteiger charge is 2.24.